The van der Waals surface area contributed by atoms with Gasteiger partial charge in [0.25, 0.3) is 0 Å². The monoisotopic (exact) mass is 339 g/mol. The van der Waals surface area contributed by atoms with Crippen molar-refractivity contribution < 1.29 is 9.53 Å². The third kappa shape index (κ3) is 4.39. The largest absolute Gasteiger partial charge is 0.448 e. The molecular weight excluding hydrogens is 306 g/mol. The molecule has 138 valence electrons. The molecule has 7 heteroatoms. The van der Waals surface area contributed by atoms with Gasteiger partial charge in [0.05, 0.1) is 0 Å². The van der Waals surface area contributed by atoms with E-state index in [2.05, 4.69) is 46.1 Å². The fraction of sp³-hybridized carbons (Fsp3) is 0.941. The number of piperazine rings is 2. The maximum Gasteiger partial charge on any atom is 0.407 e. The van der Waals surface area contributed by atoms with Crippen LogP contribution in [0.1, 0.15) is 12.8 Å². The summed E-state index contributed by atoms with van der Waals surface area (Å²) < 4.78 is 5.41. The summed E-state index contributed by atoms with van der Waals surface area (Å²) in [4.78, 5) is 21.5. The number of amides is 1. The number of likely N-dealkylation sites (N-methyl/N-ethyl adjacent to an activating group) is 3. The standard InChI is InChI=1S/C17H33N5O2/c1-19-6-7-21(3)16(13-19)10-18-17(23)24-9-8-22-14-4-5-15(22)12-20(2)11-14/h14-16H,4-13H2,1-3H3,(H,18,23)/t14?,15?,16-/m0/s1. The molecule has 2 bridgehead atoms. The van der Waals surface area contributed by atoms with Crippen molar-refractivity contribution in [1.82, 2.24) is 24.9 Å². The zero-order chi connectivity index (χ0) is 17.1. The summed E-state index contributed by atoms with van der Waals surface area (Å²) in [6.45, 7) is 7.41. The minimum absolute atomic E-state index is 0.280. The predicted molar refractivity (Wildman–Crippen MR) is 94.3 cm³/mol. The van der Waals surface area contributed by atoms with Crippen molar-refractivity contribution in [3.8, 4) is 0 Å². The molecule has 7 nitrogen and oxygen atoms in total. The van der Waals surface area contributed by atoms with Crippen molar-refractivity contribution in [3.05, 3.63) is 0 Å². The third-order valence-electron chi connectivity index (χ3n) is 5.86. The highest BCUT2D eigenvalue weighted by atomic mass is 16.5. The average Bonchev–Trinajstić information content (AvgIpc) is 2.78. The van der Waals surface area contributed by atoms with Crippen LogP contribution in [0.3, 0.4) is 0 Å². The second-order valence-electron chi connectivity index (χ2n) is 7.76. The van der Waals surface area contributed by atoms with Gasteiger partial charge in [0.15, 0.2) is 0 Å². The van der Waals surface area contributed by atoms with E-state index in [0.717, 1.165) is 39.3 Å². The van der Waals surface area contributed by atoms with Crippen molar-refractivity contribution in [1.29, 1.82) is 0 Å². The number of nitrogens with one attached hydrogen (secondary N) is 1. The van der Waals surface area contributed by atoms with E-state index in [-0.39, 0.29) is 6.09 Å². The van der Waals surface area contributed by atoms with Crippen molar-refractivity contribution in [2.45, 2.75) is 31.0 Å². The third-order valence-corrected chi connectivity index (χ3v) is 5.86. The van der Waals surface area contributed by atoms with E-state index in [4.69, 9.17) is 4.74 Å². The van der Waals surface area contributed by atoms with E-state index >= 15 is 0 Å². The van der Waals surface area contributed by atoms with Crippen molar-refractivity contribution >= 4 is 6.09 Å². The van der Waals surface area contributed by atoms with Gasteiger partial charge in [-0.3, -0.25) is 9.80 Å². The first kappa shape index (κ1) is 17.9. The van der Waals surface area contributed by atoms with Gasteiger partial charge in [-0.2, -0.15) is 0 Å². The number of rotatable bonds is 5. The summed E-state index contributed by atoms with van der Waals surface area (Å²) in [5.74, 6) is 0. The molecule has 0 aromatic rings. The van der Waals surface area contributed by atoms with Crippen molar-refractivity contribution in [2.24, 2.45) is 0 Å². The number of nitrogens with zero attached hydrogens (tertiary/aromatic N) is 4. The summed E-state index contributed by atoms with van der Waals surface area (Å²) in [5.41, 5.74) is 0. The molecule has 2 unspecified atom stereocenters. The molecule has 3 saturated heterocycles. The Hall–Kier alpha value is -0.890. The molecule has 0 saturated carbocycles. The topological polar surface area (TPSA) is 51.3 Å². The van der Waals surface area contributed by atoms with Gasteiger partial charge in [-0.05, 0) is 34.0 Å². The Balaban J connectivity index is 1.33. The second-order valence-corrected chi connectivity index (χ2v) is 7.76. The lowest BCUT2D eigenvalue weighted by molar-refractivity contribution is 0.0567. The fourth-order valence-electron chi connectivity index (χ4n) is 4.38. The maximum atomic E-state index is 12.0. The second kappa shape index (κ2) is 7.99. The molecule has 3 rings (SSSR count). The molecule has 0 radical (unpaired) electrons. The molecule has 24 heavy (non-hydrogen) atoms. The Morgan fingerprint density at radius 2 is 1.75 bits per heavy atom. The van der Waals surface area contributed by atoms with Gasteiger partial charge in [0.1, 0.15) is 6.61 Å². The summed E-state index contributed by atoms with van der Waals surface area (Å²) in [7, 11) is 6.45. The molecule has 3 atom stereocenters. The number of likely N-dealkylation sites (tertiary alicyclic amines) is 1. The fourth-order valence-corrected chi connectivity index (χ4v) is 4.38. The van der Waals surface area contributed by atoms with Crippen molar-refractivity contribution in [3.63, 3.8) is 0 Å². The van der Waals surface area contributed by atoms with Crippen LogP contribution in [0.2, 0.25) is 0 Å². The van der Waals surface area contributed by atoms with Crippen LogP contribution in [0.4, 0.5) is 4.79 Å². The first-order valence-electron chi connectivity index (χ1n) is 9.26. The Morgan fingerprint density at radius 3 is 2.46 bits per heavy atom. The number of hydrogen-bond donors (Lipinski definition) is 1. The predicted octanol–water partition coefficient (Wildman–Crippen LogP) is -0.263. The van der Waals surface area contributed by atoms with E-state index in [1.165, 1.54) is 12.8 Å². The zero-order valence-corrected chi connectivity index (χ0v) is 15.4. The van der Waals surface area contributed by atoms with Crippen LogP contribution in [0, 0.1) is 0 Å². The molecule has 3 aliphatic rings. The molecule has 1 N–H and O–H groups in total. The lowest BCUT2D eigenvalue weighted by Crippen LogP contribution is -2.54. The van der Waals surface area contributed by atoms with Gasteiger partial charge in [-0.1, -0.05) is 0 Å². The number of alkyl carbamates (subject to hydrolysis) is 1. The van der Waals surface area contributed by atoms with Gasteiger partial charge in [-0.25, -0.2) is 4.79 Å². The van der Waals surface area contributed by atoms with Crippen LogP contribution in [0.15, 0.2) is 0 Å². The molecule has 3 fully saturated rings. The first-order valence-corrected chi connectivity index (χ1v) is 9.26. The van der Waals surface area contributed by atoms with E-state index in [0.29, 0.717) is 31.3 Å². The highest BCUT2D eigenvalue weighted by Gasteiger charge is 2.38. The van der Waals surface area contributed by atoms with Crippen LogP contribution in [-0.4, -0.2) is 117 Å². The highest BCUT2D eigenvalue weighted by Crippen LogP contribution is 2.28. The van der Waals surface area contributed by atoms with E-state index in [1.54, 1.807) is 0 Å². The Labute approximate surface area is 145 Å². The number of hydrogen-bond acceptors (Lipinski definition) is 6. The lowest BCUT2D eigenvalue weighted by Gasteiger charge is -2.39. The number of ether oxygens (including phenoxy) is 1. The van der Waals surface area contributed by atoms with E-state index in [9.17, 15) is 4.79 Å². The summed E-state index contributed by atoms with van der Waals surface area (Å²) in [5, 5.41) is 2.93. The minimum Gasteiger partial charge on any atom is -0.448 e. The highest BCUT2D eigenvalue weighted by molar-refractivity contribution is 5.67. The summed E-state index contributed by atoms with van der Waals surface area (Å²) in [6, 6.07) is 1.66. The quantitative estimate of drug-likeness (QED) is 0.745. The van der Waals surface area contributed by atoms with E-state index in [1.807, 2.05) is 0 Å². The SMILES string of the molecule is CN1CC2CCC(C1)N2CCOC(=O)NC[C@H]1CN(C)CCN1C. The molecule has 3 aliphatic heterocycles. The lowest BCUT2D eigenvalue weighted by atomic mass is 10.2. The van der Waals surface area contributed by atoms with Gasteiger partial charge < -0.3 is 19.9 Å². The molecule has 1 amide bonds. The summed E-state index contributed by atoms with van der Waals surface area (Å²) in [6.07, 6.45) is 2.28. The minimum atomic E-state index is -0.280. The van der Waals surface area contributed by atoms with Crippen molar-refractivity contribution in [2.75, 3.05) is 73.6 Å². The molecule has 0 aromatic carbocycles. The van der Waals surface area contributed by atoms with Crippen LogP contribution in [-0.2, 0) is 4.74 Å². The van der Waals surface area contributed by atoms with Crippen LogP contribution >= 0.6 is 0 Å². The molecule has 3 heterocycles. The van der Waals surface area contributed by atoms with E-state index < -0.39 is 0 Å². The summed E-state index contributed by atoms with van der Waals surface area (Å²) >= 11 is 0. The van der Waals surface area contributed by atoms with Gasteiger partial charge in [0.2, 0.25) is 0 Å². The smallest absolute Gasteiger partial charge is 0.407 e. The van der Waals surface area contributed by atoms with Gasteiger partial charge in [0, 0.05) is 63.9 Å². The van der Waals surface area contributed by atoms with Crippen LogP contribution in [0.25, 0.3) is 0 Å². The number of fused-ring (bicyclic) bond motifs is 2. The first-order chi connectivity index (χ1) is 11.5. The molecule has 0 aromatic heterocycles. The van der Waals surface area contributed by atoms with Gasteiger partial charge >= 0.3 is 6.09 Å². The molecule has 0 spiro atoms. The number of carbonyl (C=O) groups is 1. The average molecular weight is 339 g/mol. The Morgan fingerprint density at radius 1 is 1.04 bits per heavy atom. The van der Waals surface area contributed by atoms with Crippen LogP contribution in [0.5, 0.6) is 0 Å². The van der Waals surface area contributed by atoms with Gasteiger partial charge in [-0.15, -0.1) is 0 Å². The Bertz CT molecular complexity index is 421. The Kier molecular flexibility index (Phi) is 5.97. The maximum absolute atomic E-state index is 12.0. The van der Waals surface area contributed by atoms with Crippen LogP contribution < -0.4 is 5.32 Å². The molecular formula is C17H33N5O2. The zero-order valence-electron chi connectivity index (χ0n) is 15.4. The number of carbonyl (C=O) groups excluding carboxylic acids is 1. The molecule has 0 aliphatic carbocycles. The normalized spacial score (nSPS) is 32.9.